The SMILES string of the molecule is COc1ccccc1-c1ccccc1C(=O)Nc1ccccc1. The van der Waals surface area contributed by atoms with Crippen LogP contribution in [0.5, 0.6) is 5.75 Å². The third-order valence-electron chi connectivity index (χ3n) is 3.60. The molecule has 0 aromatic heterocycles. The van der Waals surface area contributed by atoms with Crippen LogP contribution in [-0.2, 0) is 0 Å². The minimum absolute atomic E-state index is 0.141. The predicted octanol–water partition coefficient (Wildman–Crippen LogP) is 4.61. The number of methoxy groups -OCH3 is 1. The normalized spacial score (nSPS) is 10.1. The van der Waals surface area contributed by atoms with Crippen LogP contribution in [0.2, 0.25) is 0 Å². The van der Waals surface area contributed by atoms with E-state index in [-0.39, 0.29) is 5.91 Å². The fraction of sp³-hybridized carbons (Fsp3) is 0.0500. The standard InChI is InChI=1S/C20H17NO2/c1-23-19-14-8-7-12-17(19)16-11-5-6-13-18(16)20(22)21-15-9-3-2-4-10-15/h2-14H,1H3,(H,21,22). The molecule has 1 amide bonds. The van der Waals surface area contributed by atoms with Crippen LogP contribution < -0.4 is 10.1 Å². The van der Waals surface area contributed by atoms with Crippen molar-refractivity contribution in [3.63, 3.8) is 0 Å². The van der Waals surface area contributed by atoms with Gasteiger partial charge in [0.15, 0.2) is 0 Å². The van der Waals surface area contributed by atoms with E-state index in [4.69, 9.17) is 4.74 Å². The summed E-state index contributed by atoms with van der Waals surface area (Å²) in [6.07, 6.45) is 0. The topological polar surface area (TPSA) is 38.3 Å². The minimum atomic E-state index is -0.141. The van der Waals surface area contributed by atoms with Crippen molar-refractivity contribution in [2.75, 3.05) is 12.4 Å². The molecule has 0 fully saturated rings. The van der Waals surface area contributed by atoms with Crippen molar-refractivity contribution in [2.45, 2.75) is 0 Å². The average Bonchev–Trinajstić information content (AvgIpc) is 2.62. The molecule has 0 spiro atoms. The van der Waals surface area contributed by atoms with Gasteiger partial charge in [0, 0.05) is 16.8 Å². The van der Waals surface area contributed by atoms with E-state index in [1.807, 2.05) is 78.9 Å². The summed E-state index contributed by atoms with van der Waals surface area (Å²) < 4.78 is 5.42. The summed E-state index contributed by atoms with van der Waals surface area (Å²) >= 11 is 0. The average molecular weight is 303 g/mol. The maximum Gasteiger partial charge on any atom is 0.256 e. The molecule has 0 atom stereocenters. The molecule has 3 rings (SSSR count). The third kappa shape index (κ3) is 3.24. The van der Waals surface area contributed by atoms with Gasteiger partial charge in [-0.05, 0) is 29.8 Å². The summed E-state index contributed by atoms with van der Waals surface area (Å²) in [6, 6.07) is 24.6. The number of carbonyl (C=O) groups excluding carboxylic acids is 1. The van der Waals surface area contributed by atoms with Gasteiger partial charge in [-0.25, -0.2) is 0 Å². The highest BCUT2D eigenvalue weighted by Crippen LogP contribution is 2.32. The first-order valence-electron chi connectivity index (χ1n) is 7.38. The minimum Gasteiger partial charge on any atom is -0.496 e. The fourth-order valence-corrected chi connectivity index (χ4v) is 2.50. The van der Waals surface area contributed by atoms with Crippen molar-refractivity contribution >= 4 is 11.6 Å². The number of nitrogens with one attached hydrogen (secondary N) is 1. The van der Waals surface area contributed by atoms with E-state index in [9.17, 15) is 4.79 Å². The molecule has 23 heavy (non-hydrogen) atoms. The summed E-state index contributed by atoms with van der Waals surface area (Å²) in [7, 11) is 1.63. The highest BCUT2D eigenvalue weighted by Gasteiger charge is 2.15. The zero-order valence-electron chi connectivity index (χ0n) is 12.8. The molecule has 0 heterocycles. The lowest BCUT2D eigenvalue weighted by atomic mass is 9.98. The summed E-state index contributed by atoms with van der Waals surface area (Å²) in [4.78, 5) is 12.7. The number of amides is 1. The second kappa shape index (κ2) is 6.79. The van der Waals surface area contributed by atoms with Crippen LogP contribution in [0.4, 0.5) is 5.69 Å². The zero-order chi connectivity index (χ0) is 16.1. The Bertz CT molecular complexity index is 813. The predicted molar refractivity (Wildman–Crippen MR) is 92.8 cm³/mol. The highest BCUT2D eigenvalue weighted by molar-refractivity contribution is 6.09. The van der Waals surface area contributed by atoms with Gasteiger partial charge >= 0.3 is 0 Å². The maximum atomic E-state index is 12.7. The molecular weight excluding hydrogens is 286 g/mol. The number of carbonyl (C=O) groups is 1. The van der Waals surface area contributed by atoms with Crippen LogP contribution in [0, 0.1) is 0 Å². The van der Waals surface area contributed by atoms with Gasteiger partial charge in [0.25, 0.3) is 5.91 Å². The monoisotopic (exact) mass is 303 g/mol. The molecule has 0 aliphatic rings. The molecule has 114 valence electrons. The molecule has 3 aromatic carbocycles. The molecule has 0 saturated heterocycles. The van der Waals surface area contributed by atoms with Crippen molar-refractivity contribution < 1.29 is 9.53 Å². The number of para-hydroxylation sites is 2. The van der Waals surface area contributed by atoms with Gasteiger partial charge in [0.05, 0.1) is 7.11 Å². The zero-order valence-corrected chi connectivity index (χ0v) is 12.8. The Hall–Kier alpha value is -3.07. The lowest BCUT2D eigenvalue weighted by Crippen LogP contribution is -2.13. The van der Waals surface area contributed by atoms with Gasteiger partial charge in [-0.1, -0.05) is 54.6 Å². The van der Waals surface area contributed by atoms with E-state index in [1.54, 1.807) is 7.11 Å². The highest BCUT2D eigenvalue weighted by atomic mass is 16.5. The van der Waals surface area contributed by atoms with Crippen molar-refractivity contribution in [3.8, 4) is 16.9 Å². The summed E-state index contributed by atoms with van der Waals surface area (Å²) in [5.41, 5.74) is 3.13. The smallest absolute Gasteiger partial charge is 0.256 e. The van der Waals surface area contributed by atoms with Gasteiger partial charge in [0.1, 0.15) is 5.75 Å². The van der Waals surface area contributed by atoms with Gasteiger partial charge in [-0.15, -0.1) is 0 Å². The van der Waals surface area contributed by atoms with Crippen LogP contribution in [0.1, 0.15) is 10.4 Å². The molecule has 3 heteroatoms. The first-order chi connectivity index (χ1) is 11.3. The van der Waals surface area contributed by atoms with E-state index in [1.165, 1.54) is 0 Å². The maximum absolute atomic E-state index is 12.7. The summed E-state index contributed by atoms with van der Waals surface area (Å²) in [5.74, 6) is 0.602. The molecular formula is C20H17NO2. The molecule has 0 aliphatic heterocycles. The first-order valence-corrected chi connectivity index (χ1v) is 7.38. The van der Waals surface area contributed by atoms with E-state index in [2.05, 4.69) is 5.32 Å². The first kappa shape index (κ1) is 14.9. The molecule has 0 saturated carbocycles. The van der Waals surface area contributed by atoms with Gasteiger partial charge in [0.2, 0.25) is 0 Å². The van der Waals surface area contributed by atoms with E-state index in [0.717, 1.165) is 22.6 Å². The van der Waals surface area contributed by atoms with Crippen LogP contribution in [0.25, 0.3) is 11.1 Å². The number of hydrogen-bond donors (Lipinski definition) is 1. The van der Waals surface area contributed by atoms with E-state index in [0.29, 0.717) is 5.56 Å². The third-order valence-corrected chi connectivity index (χ3v) is 3.60. The largest absolute Gasteiger partial charge is 0.496 e. The van der Waals surface area contributed by atoms with Crippen molar-refractivity contribution in [1.82, 2.24) is 0 Å². The van der Waals surface area contributed by atoms with Gasteiger partial charge < -0.3 is 10.1 Å². The Kier molecular flexibility index (Phi) is 4.39. The molecule has 0 radical (unpaired) electrons. The van der Waals surface area contributed by atoms with E-state index < -0.39 is 0 Å². The second-order valence-corrected chi connectivity index (χ2v) is 5.07. The van der Waals surface area contributed by atoms with Gasteiger partial charge in [-0.3, -0.25) is 4.79 Å². The lowest BCUT2D eigenvalue weighted by molar-refractivity contribution is 0.102. The number of benzene rings is 3. The lowest BCUT2D eigenvalue weighted by Gasteiger charge is -2.13. The van der Waals surface area contributed by atoms with Crippen LogP contribution in [0.3, 0.4) is 0 Å². The van der Waals surface area contributed by atoms with Crippen molar-refractivity contribution in [1.29, 1.82) is 0 Å². The van der Waals surface area contributed by atoms with Crippen LogP contribution in [0.15, 0.2) is 78.9 Å². The van der Waals surface area contributed by atoms with Crippen molar-refractivity contribution in [3.05, 3.63) is 84.4 Å². The molecule has 0 unspecified atom stereocenters. The second-order valence-electron chi connectivity index (χ2n) is 5.07. The Balaban J connectivity index is 1.99. The number of rotatable bonds is 4. The molecule has 3 nitrogen and oxygen atoms in total. The fourth-order valence-electron chi connectivity index (χ4n) is 2.50. The molecule has 0 bridgehead atoms. The molecule has 3 aromatic rings. The van der Waals surface area contributed by atoms with E-state index >= 15 is 0 Å². The Morgan fingerprint density at radius 2 is 1.39 bits per heavy atom. The number of hydrogen-bond acceptors (Lipinski definition) is 2. The quantitative estimate of drug-likeness (QED) is 0.764. The Morgan fingerprint density at radius 3 is 2.13 bits per heavy atom. The Labute approximate surface area is 135 Å². The van der Waals surface area contributed by atoms with Crippen LogP contribution >= 0.6 is 0 Å². The van der Waals surface area contributed by atoms with Crippen molar-refractivity contribution in [2.24, 2.45) is 0 Å². The summed E-state index contributed by atoms with van der Waals surface area (Å²) in [5, 5.41) is 2.93. The molecule has 1 N–H and O–H groups in total. The Morgan fingerprint density at radius 1 is 0.783 bits per heavy atom. The molecule has 0 aliphatic carbocycles. The van der Waals surface area contributed by atoms with Crippen LogP contribution in [-0.4, -0.2) is 13.0 Å². The number of ether oxygens (including phenoxy) is 1. The number of anilines is 1. The summed E-state index contributed by atoms with van der Waals surface area (Å²) in [6.45, 7) is 0. The van der Waals surface area contributed by atoms with Gasteiger partial charge in [-0.2, -0.15) is 0 Å².